The van der Waals surface area contributed by atoms with E-state index in [0.717, 1.165) is 37.1 Å². The second-order valence-electron chi connectivity index (χ2n) is 6.56. The fourth-order valence-corrected chi connectivity index (χ4v) is 4.47. The zero-order chi connectivity index (χ0) is 18.9. The first-order chi connectivity index (χ1) is 13.0. The third kappa shape index (κ3) is 3.64. The van der Waals surface area contributed by atoms with Crippen LogP contribution in [0.4, 0.5) is 5.82 Å². The summed E-state index contributed by atoms with van der Waals surface area (Å²) < 4.78 is 24.9. The summed E-state index contributed by atoms with van der Waals surface area (Å²) in [5, 5.41) is 8.75. The fourth-order valence-electron chi connectivity index (χ4n) is 3.48. The monoisotopic (exact) mass is 383 g/mol. The van der Waals surface area contributed by atoms with Crippen molar-refractivity contribution in [2.75, 3.05) is 31.1 Å². The van der Waals surface area contributed by atoms with E-state index in [0.29, 0.717) is 17.1 Å². The number of fused-ring (bicyclic) bond motifs is 1. The van der Waals surface area contributed by atoms with Crippen LogP contribution in [0.5, 0.6) is 0 Å². The number of hydrogen-bond donors (Lipinski definition) is 2. The van der Waals surface area contributed by atoms with Crippen molar-refractivity contribution in [3.63, 3.8) is 0 Å². The molecule has 1 aliphatic rings. The van der Waals surface area contributed by atoms with Crippen LogP contribution in [0.15, 0.2) is 54.7 Å². The lowest BCUT2D eigenvalue weighted by Crippen LogP contribution is -2.44. The summed E-state index contributed by atoms with van der Waals surface area (Å²) >= 11 is 0. The predicted molar refractivity (Wildman–Crippen MR) is 106 cm³/mol. The van der Waals surface area contributed by atoms with Crippen LogP contribution in [-0.4, -0.2) is 44.6 Å². The Morgan fingerprint density at radius 2 is 1.81 bits per heavy atom. The topological polar surface area (TPSA) is 101 Å². The van der Waals surface area contributed by atoms with Crippen LogP contribution in [0.3, 0.4) is 0 Å². The van der Waals surface area contributed by atoms with Gasteiger partial charge in [0.25, 0.3) is 0 Å². The molecule has 7 nitrogen and oxygen atoms in total. The van der Waals surface area contributed by atoms with Gasteiger partial charge in [-0.1, -0.05) is 36.4 Å². The first-order valence-corrected chi connectivity index (χ1v) is 10.4. The normalized spacial score (nSPS) is 16.4. The molecule has 3 aromatic rings. The summed E-state index contributed by atoms with van der Waals surface area (Å²) in [5.41, 5.74) is 1.78. The summed E-state index contributed by atoms with van der Waals surface area (Å²) in [6.45, 7) is 3.26. The maximum atomic E-state index is 12.5. The molecule has 0 aliphatic carbocycles. The number of nitrogens with one attached hydrogen (secondary N) is 1. The summed E-state index contributed by atoms with van der Waals surface area (Å²) in [6, 6.07) is 14.5. The van der Waals surface area contributed by atoms with Crippen LogP contribution in [0.25, 0.3) is 10.9 Å². The van der Waals surface area contributed by atoms with Crippen LogP contribution in [-0.2, 0) is 10.0 Å². The number of piperazine rings is 1. The van der Waals surface area contributed by atoms with Gasteiger partial charge in [0.15, 0.2) is 5.82 Å². The Kier molecular flexibility index (Phi) is 4.77. The maximum absolute atomic E-state index is 12.5. The van der Waals surface area contributed by atoms with Crippen molar-refractivity contribution in [3.8, 4) is 0 Å². The molecule has 1 atom stereocenters. The third-order valence-corrected chi connectivity index (χ3v) is 5.88. The molecule has 1 fully saturated rings. The molecular formula is C19H21N5O2S. The molecule has 4 rings (SSSR count). The lowest BCUT2D eigenvalue weighted by atomic mass is 10.1. The van der Waals surface area contributed by atoms with E-state index in [1.54, 1.807) is 36.5 Å². The van der Waals surface area contributed by atoms with Gasteiger partial charge in [0.2, 0.25) is 10.0 Å². The first-order valence-electron chi connectivity index (χ1n) is 8.82. The summed E-state index contributed by atoms with van der Waals surface area (Å²) in [4.78, 5) is 11.4. The van der Waals surface area contributed by atoms with Crippen LogP contribution >= 0.6 is 0 Å². The molecule has 1 saturated heterocycles. The maximum Gasteiger partial charge on any atom is 0.221 e. The Morgan fingerprint density at radius 3 is 2.52 bits per heavy atom. The molecule has 0 radical (unpaired) electrons. The van der Waals surface area contributed by atoms with Gasteiger partial charge in [-0.25, -0.2) is 18.5 Å². The summed E-state index contributed by atoms with van der Waals surface area (Å²) in [5.74, 6) is 0.703. The van der Waals surface area contributed by atoms with Gasteiger partial charge in [-0.15, -0.1) is 0 Å². The summed E-state index contributed by atoms with van der Waals surface area (Å²) in [7, 11) is -3.90. The van der Waals surface area contributed by atoms with Gasteiger partial charge in [-0.05, 0) is 17.7 Å². The summed E-state index contributed by atoms with van der Waals surface area (Å²) in [6.07, 6.45) is 1.73. The molecule has 2 aromatic heterocycles. The number of aromatic nitrogens is 2. The number of sulfonamides is 1. The first kappa shape index (κ1) is 17.8. The molecule has 1 aromatic carbocycles. The van der Waals surface area contributed by atoms with E-state index in [2.05, 4.69) is 15.2 Å². The highest BCUT2D eigenvalue weighted by Gasteiger charge is 2.29. The lowest BCUT2D eigenvalue weighted by molar-refractivity contribution is 0.583. The Morgan fingerprint density at radius 1 is 1.07 bits per heavy atom. The standard InChI is InChI=1S/C19H21N5O2S/c20-27(25,26)18(14-5-2-1-3-6-14)16-13-15-7-4-8-22-17(15)19(23-16)24-11-9-21-10-12-24/h1-8,13,18,21H,9-12H2,(H2,20,25,26). The number of anilines is 1. The van der Waals surface area contributed by atoms with E-state index in [9.17, 15) is 8.42 Å². The van der Waals surface area contributed by atoms with Gasteiger partial charge in [0.1, 0.15) is 10.8 Å². The molecule has 8 heteroatoms. The number of rotatable bonds is 4. The number of benzene rings is 1. The number of nitrogens with two attached hydrogens (primary N) is 1. The molecule has 3 heterocycles. The van der Waals surface area contributed by atoms with Crippen molar-refractivity contribution >= 4 is 26.7 Å². The average molecular weight is 383 g/mol. The highest BCUT2D eigenvalue weighted by Crippen LogP contribution is 2.32. The van der Waals surface area contributed by atoms with Crippen molar-refractivity contribution in [2.24, 2.45) is 5.14 Å². The van der Waals surface area contributed by atoms with Crippen molar-refractivity contribution in [1.29, 1.82) is 0 Å². The fraction of sp³-hybridized carbons (Fsp3) is 0.263. The van der Waals surface area contributed by atoms with E-state index >= 15 is 0 Å². The molecule has 0 spiro atoms. The van der Waals surface area contributed by atoms with Crippen molar-refractivity contribution < 1.29 is 8.42 Å². The minimum atomic E-state index is -3.90. The van der Waals surface area contributed by atoms with Crippen molar-refractivity contribution in [3.05, 3.63) is 66.0 Å². The van der Waals surface area contributed by atoms with E-state index in [1.165, 1.54) is 0 Å². The quantitative estimate of drug-likeness (QED) is 0.707. The molecule has 3 N–H and O–H groups in total. The number of primary sulfonamides is 1. The minimum Gasteiger partial charge on any atom is -0.352 e. The molecular weight excluding hydrogens is 362 g/mol. The molecule has 0 amide bonds. The van der Waals surface area contributed by atoms with Gasteiger partial charge >= 0.3 is 0 Å². The van der Waals surface area contributed by atoms with Crippen LogP contribution in [0.2, 0.25) is 0 Å². The second-order valence-corrected chi connectivity index (χ2v) is 8.21. The van der Waals surface area contributed by atoms with E-state index in [4.69, 9.17) is 10.1 Å². The highest BCUT2D eigenvalue weighted by atomic mass is 32.2. The predicted octanol–water partition coefficient (Wildman–Crippen LogP) is 1.42. The van der Waals surface area contributed by atoms with Crippen molar-refractivity contribution in [2.45, 2.75) is 5.25 Å². The van der Waals surface area contributed by atoms with Gasteiger partial charge in [0, 0.05) is 37.8 Å². The van der Waals surface area contributed by atoms with Gasteiger partial charge < -0.3 is 10.2 Å². The Bertz CT molecular complexity index is 1050. The molecule has 1 unspecified atom stereocenters. The molecule has 0 bridgehead atoms. The van der Waals surface area contributed by atoms with Crippen LogP contribution in [0.1, 0.15) is 16.5 Å². The number of hydrogen-bond acceptors (Lipinski definition) is 6. The average Bonchev–Trinajstić information content (AvgIpc) is 2.68. The van der Waals surface area contributed by atoms with Gasteiger partial charge in [0.05, 0.1) is 5.69 Å². The minimum absolute atomic E-state index is 0.415. The van der Waals surface area contributed by atoms with Gasteiger partial charge in [-0.3, -0.25) is 4.98 Å². The largest absolute Gasteiger partial charge is 0.352 e. The lowest BCUT2D eigenvalue weighted by Gasteiger charge is -2.29. The molecule has 1 aliphatic heterocycles. The number of nitrogens with zero attached hydrogens (tertiary/aromatic N) is 3. The van der Waals surface area contributed by atoms with E-state index in [1.807, 2.05) is 18.2 Å². The van der Waals surface area contributed by atoms with E-state index in [-0.39, 0.29) is 0 Å². The number of pyridine rings is 2. The van der Waals surface area contributed by atoms with Crippen molar-refractivity contribution in [1.82, 2.24) is 15.3 Å². The zero-order valence-electron chi connectivity index (χ0n) is 14.7. The highest BCUT2D eigenvalue weighted by molar-refractivity contribution is 7.89. The van der Waals surface area contributed by atoms with Crippen LogP contribution < -0.4 is 15.4 Å². The van der Waals surface area contributed by atoms with Crippen LogP contribution in [0, 0.1) is 0 Å². The Hall–Kier alpha value is -2.55. The smallest absolute Gasteiger partial charge is 0.221 e. The van der Waals surface area contributed by atoms with E-state index < -0.39 is 15.3 Å². The molecule has 27 heavy (non-hydrogen) atoms. The molecule has 140 valence electrons. The molecule has 0 saturated carbocycles. The zero-order valence-corrected chi connectivity index (χ0v) is 15.6. The SMILES string of the molecule is NS(=O)(=O)C(c1ccccc1)c1cc2cccnc2c(N2CCNCC2)n1. The van der Waals surface area contributed by atoms with Gasteiger partial charge in [-0.2, -0.15) is 0 Å². The third-order valence-electron chi connectivity index (χ3n) is 4.71. The Labute approximate surface area is 158 Å². The second kappa shape index (κ2) is 7.22. The Balaban J connectivity index is 1.92.